The second kappa shape index (κ2) is 120. The van der Waals surface area contributed by atoms with E-state index in [4.69, 9.17) is 153 Å². The number of nitrogens with zero attached hydrogens (tertiary/aromatic N) is 1. The third-order valence-corrected chi connectivity index (χ3v) is 20.6. The standard InChI is InChI=1S/C79H148N6O36S.2C3H6O3.2C2H6S2/c1-4-80-72(87)7-16-119-67-79(68-120-17-8-73(88)81-5-2,69-121-18-9-74(89)83-13-21-98-25-29-102-33-37-106-41-45-110-49-53-114-57-61-118-65-63-116-59-55-112-51-47-108-43-39-104-35-31-100-27-23-96-19-11-77(92)93)84-75(90)10-15-95-22-26-99-30-34-103-38-42-107-46-50-111-54-58-115-62-64-117-60-56-113-52-48-109-44-40-105-36-32-101-28-24-97-20-12-82-71(86)6-14-85-76(91)66-70(122-3)78(85)94;2*4-2-1-3(5)6;2*1-3-4-2/h70H,4-69H2,1-3H3,(H,80,87)(H,81,88)(H,82,86)(H,83,89)(H,84,90)(H,92,93);2*4H,1-2H2,(H,5,6);2*1-2H3. The Balaban J connectivity index is -0.00000429. The van der Waals surface area contributed by atoms with Crippen molar-refractivity contribution in [2.24, 2.45) is 0 Å². The number of likely N-dealkylation sites (tertiary alicyclic amines) is 1. The number of carbonyl (C=O) groups excluding carboxylic acids is 7. The van der Waals surface area contributed by atoms with Crippen molar-refractivity contribution in [1.29, 1.82) is 0 Å². The first-order valence-corrected chi connectivity index (χ1v) is 54.8. The number of hydrogen-bond acceptors (Lipinski definition) is 44. The van der Waals surface area contributed by atoms with Crippen LogP contribution in [0.5, 0.6) is 0 Å². The van der Waals surface area contributed by atoms with Crippen LogP contribution in [0.1, 0.15) is 71.6 Å². The maximum atomic E-state index is 13.5. The lowest BCUT2D eigenvalue weighted by Gasteiger charge is -2.34. The van der Waals surface area contributed by atoms with E-state index in [9.17, 15) is 47.9 Å². The van der Waals surface area contributed by atoms with Crippen molar-refractivity contribution in [3.8, 4) is 0 Å². The molecule has 0 saturated carbocycles. The van der Waals surface area contributed by atoms with Crippen LogP contribution in [0.4, 0.5) is 0 Å². The van der Waals surface area contributed by atoms with Gasteiger partial charge in [0.05, 0.1) is 394 Å². The molecule has 1 aliphatic rings. The normalized spacial score (nSPS) is 12.2. The summed E-state index contributed by atoms with van der Waals surface area (Å²) in [5, 5.41) is 53.4. The van der Waals surface area contributed by atoms with Gasteiger partial charge in [-0.1, -0.05) is 43.2 Å². The van der Waals surface area contributed by atoms with Crippen molar-refractivity contribution < 1.29 is 201 Å². The Kier molecular flexibility index (Phi) is 121. The molecule has 53 heteroatoms. The molecule has 1 atom stereocenters. The second-order valence-electron chi connectivity index (χ2n) is 28.4. The number of carboxylic acid groups (broad SMARTS) is 3. The van der Waals surface area contributed by atoms with Gasteiger partial charge >= 0.3 is 17.9 Å². The topological polar surface area (TPSA) is 584 Å². The van der Waals surface area contributed by atoms with Gasteiger partial charge in [-0.05, 0) is 45.1 Å². The number of aliphatic hydroxyl groups is 2. The van der Waals surface area contributed by atoms with Gasteiger partial charge in [0.15, 0.2) is 0 Å². The average molecular weight is 2160 g/mol. The van der Waals surface area contributed by atoms with Gasteiger partial charge in [-0.3, -0.25) is 52.8 Å². The van der Waals surface area contributed by atoms with Crippen LogP contribution in [0.25, 0.3) is 0 Å². The molecule has 0 aromatic rings. The number of ether oxygens (including phenoxy) is 27. The highest BCUT2D eigenvalue weighted by atomic mass is 33.1. The van der Waals surface area contributed by atoms with E-state index >= 15 is 0 Å². The smallest absolute Gasteiger partial charge is 0.305 e. The van der Waals surface area contributed by atoms with Crippen LogP contribution >= 0.6 is 54.9 Å². The molecule has 0 aliphatic carbocycles. The Bertz CT molecular complexity index is 2770. The SMILES string of the molecule is CCNC(=O)CCOCC(COCCC(=O)NCC)(COCCC(=O)NCCOCCOCCOCCOCCOCCOCCOCCOCCOCCOCCOCCOCCC(=O)O)NC(=O)CCOCCOCCOCCOCCOCCOCCOCCOCCOCCOCCOCCOCCNC(=O)CCN1C(=O)CC(SC)C1=O.CSSC.CSSC.O=C(O)CCO.O=C(O)CCO. The lowest BCUT2D eigenvalue weighted by molar-refractivity contribution is -0.140. The van der Waals surface area contributed by atoms with Gasteiger partial charge < -0.3 is 180 Å². The minimum absolute atomic E-state index is 0.00585. The van der Waals surface area contributed by atoms with Crippen LogP contribution in [-0.4, -0.2) is 534 Å². The highest BCUT2D eigenvalue weighted by Crippen LogP contribution is 2.23. The van der Waals surface area contributed by atoms with Crippen molar-refractivity contribution in [2.75, 3.05) is 434 Å². The zero-order valence-corrected chi connectivity index (χ0v) is 89.0. The molecule has 1 saturated heterocycles. The molecular weight excluding hydrogens is 1990 g/mol. The van der Waals surface area contributed by atoms with Crippen molar-refractivity contribution >= 4 is 114 Å². The molecule has 1 fully saturated rings. The van der Waals surface area contributed by atoms with Crippen LogP contribution in [0.3, 0.4) is 0 Å². The van der Waals surface area contributed by atoms with E-state index in [-0.39, 0.29) is 197 Å². The molecule has 48 nitrogen and oxygen atoms in total. The molecule has 0 spiro atoms. The number of aliphatic carboxylic acids is 3. The highest BCUT2D eigenvalue weighted by molar-refractivity contribution is 8.76. The van der Waals surface area contributed by atoms with E-state index in [1.54, 1.807) is 49.4 Å². The molecule has 840 valence electrons. The number of amides is 7. The lowest BCUT2D eigenvalue weighted by Crippen LogP contribution is -2.59. The zero-order chi connectivity index (χ0) is 105. The minimum atomic E-state index is -1.27. The fourth-order valence-corrected chi connectivity index (χ4v) is 10.6. The van der Waals surface area contributed by atoms with Crippen molar-refractivity contribution in [2.45, 2.75) is 82.4 Å². The Morgan fingerprint density at radius 1 is 0.275 bits per heavy atom. The number of nitrogens with one attached hydrogen (secondary N) is 5. The predicted octanol–water partition coefficient (Wildman–Crippen LogP) is 0.872. The maximum Gasteiger partial charge on any atom is 0.305 e. The predicted molar refractivity (Wildman–Crippen MR) is 533 cm³/mol. The summed E-state index contributed by atoms with van der Waals surface area (Å²) >= 11 is 1.34. The number of rotatable bonds is 106. The molecule has 1 rings (SSSR count). The first-order chi connectivity index (χ1) is 69.2. The van der Waals surface area contributed by atoms with Gasteiger partial charge in [-0.2, -0.15) is 11.8 Å². The first-order valence-electron chi connectivity index (χ1n) is 47.6. The Labute approximate surface area is 858 Å². The third-order valence-electron chi connectivity index (χ3n) is 17.0. The summed E-state index contributed by atoms with van der Waals surface area (Å²) in [7, 11) is 7.09. The largest absolute Gasteiger partial charge is 0.481 e. The first kappa shape index (κ1) is 144. The number of aliphatic hydroxyl groups excluding tert-OH is 2. The monoisotopic (exact) mass is 2160 g/mol. The van der Waals surface area contributed by atoms with E-state index in [0.29, 0.717) is 304 Å². The number of carbonyl (C=O) groups is 10. The van der Waals surface area contributed by atoms with Gasteiger partial charge in [0.1, 0.15) is 5.54 Å². The number of thioether (sulfide) groups is 1. The Morgan fingerprint density at radius 2 is 0.472 bits per heavy atom. The fraction of sp³-hybridized carbons (Fsp3) is 0.888. The van der Waals surface area contributed by atoms with Crippen molar-refractivity contribution in [3.05, 3.63) is 0 Å². The molecule has 1 unspecified atom stereocenters. The highest BCUT2D eigenvalue weighted by Gasteiger charge is 2.38. The number of carboxylic acids is 3. The van der Waals surface area contributed by atoms with Gasteiger partial charge in [0.25, 0.3) is 0 Å². The molecule has 1 aliphatic heterocycles. The summed E-state index contributed by atoms with van der Waals surface area (Å²) < 4.78 is 150. The summed E-state index contributed by atoms with van der Waals surface area (Å²) in [4.78, 5) is 117. The molecule has 0 aromatic heterocycles. The van der Waals surface area contributed by atoms with Gasteiger partial charge in [-0.25, -0.2) is 0 Å². The van der Waals surface area contributed by atoms with E-state index in [0.717, 1.165) is 4.90 Å². The van der Waals surface area contributed by atoms with Crippen molar-refractivity contribution in [3.63, 3.8) is 0 Å². The summed E-state index contributed by atoms with van der Waals surface area (Å²) in [6, 6.07) is 0. The number of imide groups is 1. The summed E-state index contributed by atoms with van der Waals surface area (Å²) in [5.41, 5.74) is -1.27. The summed E-state index contributed by atoms with van der Waals surface area (Å²) in [6.45, 7) is 22.9. The Hall–Kier alpha value is -4.51. The van der Waals surface area contributed by atoms with Crippen LogP contribution in [-0.2, 0) is 176 Å². The molecule has 10 N–H and O–H groups in total. The quantitative estimate of drug-likeness (QED) is 0.0229. The van der Waals surface area contributed by atoms with Gasteiger partial charge in [-0.15, -0.1) is 0 Å². The fourth-order valence-electron chi connectivity index (χ4n) is 10.0. The lowest BCUT2D eigenvalue weighted by atomic mass is 10.0. The number of hydrogen-bond donors (Lipinski definition) is 10. The van der Waals surface area contributed by atoms with E-state index in [1.165, 1.54) is 11.8 Å². The Morgan fingerprint density at radius 3 is 0.669 bits per heavy atom. The average Bonchev–Trinajstić information content (AvgIpc) is 1.69. The van der Waals surface area contributed by atoms with Gasteiger partial charge in [0, 0.05) is 71.2 Å². The van der Waals surface area contributed by atoms with Crippen molar-refractivity contribution in [1.82, 2.24) is 31.5 Å². The third kappa shape index (κ3) is 116. The zero-order valence-electron chi connectivity index (χ0n) is 84.9. The van der Waals surface area contributed by atoms with Crippen LogP contribution in [0.15, 0.2) is 0 Å². The molecular formula is C89H172N6O42S5. The maximum absolute atomic E-state index is 13.5. The minimum Gasteiger partial charge on any atom is -0.481 e. The molecule has 7 amide bonds. The van der Waals surface area contributed by atoms with Crippen LogP contribution in [0.2, 0.25) is 0 Å². The van der Waals surface area contributed by atoms with E-state index in [2.05, 4.69) is 51.6 Å². The molecule has 0 bridgehead atoms. The van der Waals surface area contributed by atoms with E-state index in [1.807, 2.05) is 13.8 Å². The molecule has 0 aromatic carbocycles. The molecule has 0 radical (unpaired) electrons. The molecule has 142 heavy (non-hydrogen) atoms. The van der Waals surface area contributed by atoms with Crippen LogP contribution < -0.4 is 26.6 Å². The summed E-state index contributed by atoms with van der Waals surface area (Å²) in [5.74, 6) is -4.60. The van der Waals surface area contributed by atoms with Crippen LogP contribution in [0, 0.1) is 0 Å². The molecule has 1 heterocycles. The van der Waals surface area contributed by atoms with E-state index < -0.39 is 29.4 Å². The second-order valence-corrected chi connectivity index (χ2v) is 34.8. The summed E-state index contributed by atoms with van der Waals surface area (Å²) in [6.07, 6.45) is 10.1. The van der Waals surface area contributed by atoms with Gasteiger partial charge in [0.2, 0.25) is 41.4 Å².